The second-order valence-electron chi connectivity index (χ2n) is 4.97. The van der Waals surface area contributed by atoms with Crippen LogP contribution >= 0.6 is 0 Å². The van der Waals surface area contributed by atoms with E-state index in [2.05, 4.69) is 31.2 Å². The second-order valence-corrected chi connectivity index (χ2v) is 4.97. The summed E-state index contributed by atoms with van der Waals surface area (Å²) >= 11 is 0. The normalized spacial score (nSPS) is 9.95. The molecule has 2 N–H and O–H groups in total. The van der Waals surface area contributed by atoms with Gasteiger partial charge in [-0.25, -0.2) is 0 Å². The van der Waals surface area contributed by atoms with Crippen LogP contribution in [0.4, 0.5) is 5.69 Å². The molecule has 114 valence electrons. The second kappa shape index (κ2) is 7.51. The fourth-order valence-electron chi connectivity index (χ4n) is 2.44. The van der Waals surface area contributed by atoms with Crippen LogP contribution in [0.15, 0.2) is 60.7 Å². The van der Waals surface area contributed by atoms with Gasteiger partial charge < -0.3 is 10.5 Å². The Morgan fingerprint density at radius 3 is 2.32 bits per heavy atom. The molecule has 3 aromatic rings. The van der Waals surface area contributed by atoms with Gasteiger partial charge in [0, 0.05) is 11.1 Å². The Morgan fingerprint density at radius 1 is 0.909 bits per heavy atom. The first-order valence-corrected chi connectivity index (χ1v) is 7.69. The van der Waals surface area contributed by atoms with E-state index in [4.69, 9.17) is 10.5 Å². The highest BCUT2D eigenvalue weighted by molar-refractivity contribution is 5.95. The molecule has 22 heavy (non-hydrogen) atoms. The van der Waals surface area contributed by atoms with Crippen molar-refractivity contribution in [2.75, 3.05) is 5.73 Å². The van der Waals surface area contributed by atoms with Gasteiger partial charge in [0.2, 0.25) is 0 Å². The van der Waals surface area contributed by atoms with Crippen molar-refractivity contribution in [3.63, 3.8) is 0 Å². The number of nitrogens with two attached hydrogens (primary N) is 1. The highest BCUT2D eigenvalue weighted by Crippen LogP contribution is 2.26. The van der Waals surface area contributed by atoms with E-state index < -0.39 is 0 Å². The molecule has 0 radical (unpaired) electrons. The van der Waals surface area contributed by atoms with Gasteiger partial charge in [-0.2, -0.15) is 0 Å². The summed E-state index contributed by atoms with van der Waals surface area (Å²) < 4.78 is 5.88. The Morgan fingerprint density at radius 2 is 1.59 bits per heavy atom. The fourth-order valence-corrected chi connectivity index (χ4v) is 2.44. The maximum Gasteiger partial charge on any atom is 0.120 e. The minimum Gasteiger partial charge on any atom is -0.489 e. The largest absolute Gasteiger partial charge is 0.489 e. The van der Waals surface area contributed by atoms with E-state index in [0.29, 0.717) is 6.61 Å². The van der Waals surface area contributed by atoms with Crippen LogP contribution in [0.2, 0.25) is 0 Å². The third-order valence-electron chi connectivity index (χ3n) is 3.41. The summed E-state index contributed by atoms with van der Waals surface area (Å²) in [4.78, 5) is 0. The molecule has 0 aliphatic rings. The number of anilines is 1. The zero-order chi connectivity index (χ0) is 15.9. The Labute approximate surface area is 132 Å². The molecule has 0 aromatic heterocycles. The van der Waals surface area contributed by atoms with Crippen LogP contribution in [-0.2, 0) is 6.61 Å². The first-order valence-electron chi connectivity index (χ1n) is 7.69. The number of rotatable bonds is 3. The number of benzene rings is 3. The maximum absolute atomic E-state index is 6.09. The lowest BCUT2D eigenvalue weighted by Gasteiger charge is -2.11. The van der Waals surface area contributed by atoms with E-state index in [1.807, 2.05) is 50.2 Å². The van der Waals surface area contributed by atoms with Gasteiger partial charge in [-0.3, -0.25) is 0 Å². The molecule has 0 spiro atoms. The highest BCUT2D eigenvalue weighted by atomic mass is 16.5. The third kappa shape index (κ3) is 3.59. The number of fused-ring (bicyclic) bond motifs is 1. The van der Waals surface area contributed by atoms with E-state index in [1.165, 1.54) is 5.56 Å². The molecule has 0 bridgehead atoms. The van der Waals surface area contributed by atoms with Crippen LogP contribution in [0, 0.1) is 6.92 Å². The van der Waals surface area contributed by atoms with Crippen LogP contribution < -0.4 is 10.5 Å². The molecule has 3 rings (SSSR count). The van der Waals surface area contributed by atoms with Crippen molar-refractivity contribution in [1.29, 1.82) is 0 Å². The summed E-state index contributed by atoms with van der Waals surface area (Å²) in [6.45, 7) is 6.58. The van der Waals surface area contributed by atoms with E-state index in [-0.39, 0.29) is 0 Å². The Bertz CT molecular complexity index is 744. The van der Waals surface area contributed by atoms with Crippen LogP contribution in [0.25, 0.3) is 10.8 Å². The third-order valence-corrected chi connectivity index (χ3v) is 3.41. The quantitative estimate of drug-likeness (QED) is 0.662. The van der Waals surface area contributed by atoms with Crippen LogP contribution in [-0.4, -0.2) is 0 Å². The highest BCUT2D eigenvalue weighted by Gasteiger charge is 2.05. The maximum atomic E-state index is 6.09. The van der Waals surface area contributed by atoms with Crippen molar-refractivity contribution in [2.45, 2.75) is 27.4 Å². The molecule has 0 aliphatic heterocycles. The SMILES string of the molecule is CC.Cc1cccc(OCc2cccc3cccc(N)c23)c1. The van der Waals surface area contributed by atoms with E-state index in [1.54, 1.807) is 0 Å². The van der Waals surface area contributed by atoms with Crippen LogP contribution in [0.5, 0.6) is 5.75 Å². The van der Waals surface area contributed by atoms with Gasteiger partial charge in [0.05, 0.1) is 0 Å². The van der Waals surface area contributed by atoms with Crippen LogP contribution in [0.1, 0.15) is 25.0 Å². The molecule has 2 nitrogen and oxygen atoms in total. The molecular weight excluding hydrogens is 270 g/mol. The molecular formula is C20H23NO. The minimum absolute atomic E-state index is 0.523. The van der Waals surface area contributed by atoms with Crippen molar-refractivity contribution >= 4 is 16.5 Å². The number of nitrogen functional groups attached to an aromatic ring is 1. The average Bonchev–Trinajstić information content (AvgIpc) is 2.55. The summed E-state index contributed by atoms with van der Waals surface area (Å²) in [7, 11) is 0. The van der Waals surface area contributed by atoms with Gasteiger partial charge in [0.25, 0.3) is 0 Å². The summed E-state index contributed by atoms with van der Waals surface area (Å²) in [5.41, 5.74) is 9.20. The average molecular weight is 293 g/mol. The summed E-state index contributed by atoms with van der Waals surface area (Å²) in [5, 5.41) is 2.23. The van der Waals surface area contributed by atoms with E-state index in [0.717, 1.165) is 27.8 Å². The van der Waals surface area contributed by atoms with E-state index in [9.17, 15) is 0 Å². The molecule has 0 fully saturated rings. The van der Waals surface area contributed by atoms with Crippen molar-refractivity contribution in [3.8, 4) is 5.75 Å². The standard InChI is InChI=1S/C18H17NO.C2H6/c1-13-5-2-9-16(11-13)20-12-15-8-3-6-14-7-4-10-17(19)18(14)15;1-2/h2-11H,12,19H2,1H3;1-2H3. The Kier molecular flexibility index (Phi) is 5.42. The van der Waals surface area contributed by atoms with Gasteiger partial charge in [-0.1, -0.05) is 56.3 Å². The van der Waals surface area contributed by atoms with E-state index >= 15 is 0 Å². The predicted molar refractivity (Wildman–Crippen MR) is 95.2 cm³/mol. The molecule has 0 amide bonds. The van der Waals surface area contributed by atoms with Crippen molar-refractivity contribution in [1.82, 2.24) is 0 Å². The molecule has 0 heterocycles. The smallest absolute Gasteiger partial charge is 0.120 e. The predicted octanol–water partition coefficient (Wildman–Crippen LogP) is 5.34. The molecule has 3 aromatic carbocycles. The fraction of sp³-hybridized carbons (Fsp3) is 0.200. The summed E-state index contributed by atoms with van der Waals surface area (Å²) in [5.74, 6) is 0.886. The lowest BCUT2D eigenvalue weighted by Crippen LogP contribution is -1.98. The van der Waals surface area contributed by atoms with Gasteiger partial charge >= 0.3 is 0 Å². The van der Waals surface area contributed by atoms with Crippen LogP contribution in [0.3, 0.4) is 0 Å². The van der Waals surface area contributed by atoms with Gasteiger partial charge in [-0.15, -0.1) is 0 Å². The molecule has 2 heteroatoms. The zero-order valence-corrected chi connectivity index (χ0v) is 13.5. The number of ether oxygens (including phenoxy) is 1. The number of hydrogen-bond acceptors (Lipinski definition) is 2. The molecule has 0 saturated heterocycles. The first-order chi connectivity index (χ1) is 10.7. The Hall–Kier alpha value is -2.48. The van der Waals surface area contributed by atoms with Crippen molar-refractivity contribution < 1.29 is 4.74 Å². The minimum atomic E-state index is 0.523. The molecule has 0 unspecified atom stereocenters. The first kappa shape index (κ1) is 15.9. The van der Waals surface area contributed by atoms with Crippen molar-refractivity contribution in [2.24, 2.45) is 0 Å². The molecule has 0 saturated carbocycles. The molecule has 0 aliphatic carbocycles. The van der Waals surface area contributed by atoms with Crippen molar-refractivity contribution in [3.05, 3.63) is 71.8 Å². The van der Waals surface area contributed by atoms with Gasteiger partial charge in [-0.05, 0) is 41.6 Å². The van der Waals surface area contributed by atoms with Gasteiger partial charge in [0.15, 0.2) is 0 Å². The lowest BCUT2D eigenvalue weighted by molar-refractivity contribution is 0.307. The monoisotopic (exact) mass is 293 g/mol. The summed E-state index contributed by atoms with van der Waals surface area (Å²) in [6, 6.07) is 20.2. The summed E-state index contributed by atoms with van der Waals surface area (Å²) in [6.07, 6.45) is 0. The van der Waals surface area contributed by atoms with Gasteiger partial charge in [0.1, 0.15) is 12.4 Å². The zero-order valence-electron chi connectivity index (χ0n) is 13.5. The molecule has 0 atom stereocenters. The number of aryl methyl sites for hydroxylation is 1. The number of hydrogen-bond donors (Lipinski definition) is 1. The lowest BCUT2D eigenvalue weighted by atomic mass is 10.0. The Balaban J connectivity index is 0.000000847. The topological polar surface area (TPSA) is 35.2 Å².